The number of carbonyl (C=O) groups is 1. The van der Waals surface area contributed by atoms with Gasteiger partial charge in [0.15, 0.2) is 5.78 Å². The van der Waals surface area contributed by atoms with Crippen LogP contribution in [0.1, 0.15) is 37.5 Å². The van der Waals surface area contributed by atoms with E-state index in [1.165, 1.54) is 18.2 Å². The average Bonchev–Trinajstić information content (AvgIpc) is 2.54. The number of aryl methyl sites for hydroxylation is 1. The van der Waals surface area contributed by atoms with Gasteiger partial charge in [-0.05, 0) is 36.8 Å². The number of anilines is 1. The Morgan fingerprint density at radius 2 is 1.46 bits per heavy atom. The molecule has 138 valence electrons. The van der Waals surface area contributed by atoms with Crippen molar-refractivity contribution in [3.05, 3.63) is 71.3 Å². The molecule has 0 aliphatic rings. The summed E-state index contributed by atoms with van der Waals surface area (Å²) in [4.78, 5) is 12.4. The molecular weight excluding hydrogens is 339 g/mol. The van der Waals surface area contributed by atoms with E-state index in [0.29, 0.717) is 11.3 Å². The minimum Gasteiger partial charge on any atom is -0.355 e. The van der Waals surface area contributed by atoms with Gasteiger partial charge >= 0.3 is 6.18 Å². The molecule has 2 nitrogen and oxygen atoms in total. The number of carbonyl (C=O) groups excluding carboxylic acids is 1. The average molecular weight is 361 g/mol. The van der Waals surface area contributed by atoms with Crippen LogP contribution in [0.4, 0.5) is 18.9 Å². The highest BCUT2D eigenvalue weighted by Gasteiger charge is 2.30. The topological polar surface area (TPSA) is 29.1 Å². The van der Waals surface area contributed by atoms with Gasteiger partial charge in [0.05, 0.1) is 5.56 Å². The Kier molecular flexibility index (Phi) is 5.59. The van der Waals surface area contributed by atoms with Gasteiger partial charge in [-0.2, -0.15) is 13.2 Å². The summed E-state index contributed by atoms with van der Waals surface area (Å²) in [6.45, 7) is 7.34. The van der Waals surface area contributed by atoms with Gasteiger partial charge in [-0.15, -0.1) is 0 Å². The third-order valence-corrected chi connectivity index (χ3v) is 3.87. The highest BCUT2D eigenvalue weighted by Crippen LogP contribution is 2.30. The van der Waals surface area contributed by atoms with Crippen molar-refractivity contribution in [1.82, 2.24) is 0 Å². The number of ketones is 1. The summed E-state index contributed by atoms with van der Waals surface area (Å²) in [7, 11) is 0. The molecule has 0 heterocycles. The molecule has 0 radical (unpaired) electrons. The van der Waals surface area contributed by atoms with Crippen LogP contribution < -0.4 is 5.32 Å². The lowest BCUT2D eigenvalue weighted by Gasteiger charge is -2.17. The van der Waals surface area contributed by atoms with Crippen molar-refractivity contribution < 1.29 is 18.0 Å². The largest absolute Gasteiger partial charge is 0.416 e. The van der Waals surface area contributed by atoms with E-state index >= 15 is 0 Å². The first-order valence-corrected chi connectivity index (χ1v) is 8.24. The molecular formula is C21H22F3NO. The Labute approximate surface area is 151 Å². The first kappa shape index (κ1) is 19.8. The molecule has 2 rings (SSSR count). The lowest BCUT2D eigenvalue weighted by atomic mass is 9.89. The van der Waals surface area contributed by atoms with Crippen molar-refractivity contribution in [1.29, 1.82) is 0 Å². The van der Waals surface area contributed by atoms with E-state index in [0.717, 1.165) is 23.4 Å². The van der Waals surface area contributed by atoms with E-state index < -0.39 is 17.2 Å². The number of rotatable bonds is 4. The number of hydrogen-bond acceptors (Lipinski definition) is 2. The summed E-state index contributed by atoms with van der Waals surface area (Å²) in [5, 5.41) is 3.14. The van der Waals surface area contributed by atoms with Crippen molar-refractivity contribution in [3.63, 3.8) is 0 Å². The molecule has 0 spiro atoms. The maximum absolute atomic E-state index is 12.8. The fourth-order valence-electron chi connectivity index (χ4n) is 2.17. The van der Waals surface area contributed by atoms with E-state index in [1.54, 1.807) is 20.8 Å². The van der Waals surface area contributed by atoms with E-state index in [4.69, 9.17) is 0 Å². The lowest BCUT2D eigenvalue weighted by Crippen LogP contribution is -2.18. The smallest absolute Gasteiger partial charge is 0.355 e. The molecule has 0 bridgehead atoms. The van der Waals surface area contributed by atoms with Gasteiger partial charge in [-0.3, -0.25) is 4.79 Å². The van der Waals surface area contributed by atoms with Crippen LogP contribution in [-0.2, 0) is 11.0 Å². The van der Waals surface area contributed by atoms with Crippen LogP contribution in [0.3, 0.4) is 0 Å². The van der Waals surface area contributed by atoms with Gasteiger partial charge in [-0.25, -0.2) is 0 Å². The summed E-state index contributed by atoms with van der Waals surface area (Å²) >= 11 is 0. The normalized spacial score (nSPS) is 12.8. The van der Waals surface area contributed by atoms with Crippen LogP contribution in [0.5, 0.6) is 0 Å². The second-order valence-corrected chi connectivity index (χ2v) is 7.24. The van der Waals surface area contributed by atoms with Crippen LogP contribution in [0.15, 0.2) is 54.6 Å². The second kappa shape index (κ2) is 7.36. The molecule has 0 unspecified atom stereocenters. The number of allylic oxidation sites excluding steroid dienone is 1. The summed E-state index contributed by atoms with van der Waals surface area (Å²) in [6.07, 6.45) is -2.95. The van der Waals surface area contributed by atoms with Gasteiger partial charge in [0.1, 0.15) is 0 Å². The zero-order chi connectivity index (χ0) is 19.5. The number of benzene rings is 2. The highest BCUT2D eigenvalue weighted by molar-refractivity contribution is 6.01. The van der Waals surface area contributed by atoms with Crippen LogP contribution in [0, 0.1) is 12.3 Å². The van der Waals surface area contributed by atoms with Crippen molar-refractivity contribution in [2.75, 3.05) is 5.32 Å². The molecule has 0 amide bonds. The van der Waals surface area contributed by atoms with Crippen LogP contribution >= 0.6 is 0 Å². The van der Waals surface area contributed by atoms with E-state index in [-0.39, 0.29) is 5.78 Å². The first-order valence-electron chi connectivity index (χ1n) is 8.24. The van der Waals surface area contributed by atoms with Gasteiger partial charge in [0.25, 0.3) is 0 Å². The molecule has 2 aromatic rings. The summed E-state index contributed by atoms with van der Waals surface area (Å²) < 4.78 is 38.4. The minimum atomic E-state index is -4.39. The quantitative estimate of drug-likeness (QED) is 0.669. The van der Waals surface area contributed by atoms with Gasteiger partial charge in [0, 0.05) is 22.9 Å². The highest BCUT2D eigenvalue weighted by atomic mass is 19.4. The van der Waals surface area contributed by atoms with Crippen molar-refractivity contribution >= 4 is 17.2 Å². The molecule has 2 aromatic carbocycles. The van der Waals surface area contributed by atoms with E-state index in [1.807, 2.05) is 31.2 Å². The summed E-state index contributed by atoms with van der Waals surface area (Å²) in [5.41, 5.74) is 1.49. The van der Waals surface area contributed by atoms with Gasteiger partial charge < -0.3 is 5.32 Å². The number of halogens is 3. The molecule has 0 aliphatic heterocycles. The first-order chi connectivity index (χ1) is 12.0. The van der Waals surface area contributed by atoms with Crippen LogP contribution in [-0.4, -0.2) is 5.78 Å². The van der Waals surface area contributed by atoms with Crippen LogP contribution in [0.2, 0.25) is 0 Å². The van der Waals surface area contributed by atoms with Gasteiger partial charge in [-0.1, -0.05) is 50.6 Å². The predicted molar refractivity (Wildman–Crippen MR) is 98.7 cm³/mol. The fourth-order valence-corrected chi connectivity index (χ4v) is 2.17. The molecule has 0 saturated heterocycles. The molecule has 0 fully saturated rings. The zero-order valence-corrected chi connectivity index (χ0v) is 15.2. The Hall–Kier alpha value is -2.56. The molecule has 26 heavy (non-hydrogen) atoms. The predicted octanol–water partition coefficient (Wildman–Crippen LogP) is 6.08. The number of hydrogen-bond donors (Lipinski definition) is 1. The second-order valence-electron chi connectivity index (χ2n) is 7.24. The summed E-state index contributed by atoms with van der Waals surface area (Å²) in [6, 6.07) is 12.3. The molecule has 0 aromatic heterocycles. The lowest BCUT2D eigenvalue weighted by molar-refractivity contribution is -0.137. The van der Waals surface area contributed by atoms with Crippen molar-refractivity contribution in [2.45, 2.75) is 33.9 Å². The maximum Gasteiger partial charge on any atom is 0.416 e. The number of nitrogens with one attached hydrogen (secondary N) is 1. The van der Waals surface area contributed by atoms with Crippen LogP contribution in [0.25, 0.3) is 5.70 Å². The third-order valence-electron chi connectivity index (χ3n) is 3.87. The Bertz CT molecular complexity index is 795. The minimum absolute atomic E-state index is 0.119. The zero-order valence-electron chi connectivity index (χ0n) is 15.2. The standard InChI is InChI=1S/C21H22F3NO/c1-14-5-11-17(12-6-14)25-18(13-19(26)20(2,3)4)15-7-9-16(10-8-15)21(22,23)24/h5-13,25H,1-4H3/b18-13+. The Morgan fingerprint density at radius 3 is 1.92 bits per heavy atom. The maximum atomic E-state index is 12.8. The Balaban J connectivity index is 2.41. The monoisotopic (exact) mass is 361 g/mol. The van der Waals surface area contributed by atoms with E-state index in [2.05, 4.69) is 5.32 Å². The third kappa shape index (κ3) is 5.22. The summed E-state index contributed by atoms with van der Waals surface area (Å²) in [5.74, 6) is -0.119. The molecule has 0 saturated carbocycles. The SMILES string of the molecule is Cc1ccc(N/C(=C/C(=O)C(C)(C)C)c2ccc(C(F)(F)F)cc2)cc1. The molecule has 0 aliphatic carbocycles. The fraction of sp³-hybridized carbons (Fsp3) is 0.286. The molecule has 0 atom stereocenters. The molecule has 5 heteroatoms. The van der Waals surface area contributed by atoms with Crippen molar-refractivity contribution in [3.8, 4) is 0 Å². The van der Waals surface area contributed by atoms with Crippen molar-refractivity contribution in [2.24, 2.45) is 5.41 Å². The number of alkyl halides is 3. The molecule has 1 N–H and O–H groups in total. The Morgan fingerprint density at radius 1 is 0.923 bits per heavy atom. The van der Waals surface area contributed by atoms with E-state index in [9.17, 15) is 18.0 Å². The van der Waals surface area contributed by atoms with Gasteiger partial charge in [0.2, 0.25) is 0 Å².